The Hall–Kier alpha value is -8.39. The number of aliphatic imine (C=N–C) groups is 1. The summed E-state index contributed by atoms with van der Waals surface area (Å²) in [6.07, 6.45) is -10.5. The van der Waals surface area contributed by atoms with E-state index >= 15 is 0 Å². The van der Waals surface area contributed by atoms with E-state index in [4.69, 9.17) is 38.1 Å². The van der Waals surface area contributed by atoms with Gasteiger partial charge >= 0.3 is 0 Å². The summed E-state index contributed by atoms with van der Waals surface area (Å²) >= 11 is 0. The van der Waals surface area contributed by atoms with Crippen LogP contribution < -0.4 is 71.2 Å². The Bertz CT molecular complexity index is 2930. The Kier molecular flexibility index (Phi) is 30.1. The summed E-state index contributed by atoms with van der Waals surface area (Å²) in [4.78, 5) is 171. The van der Waals surface area contributed by atoms with Crippen molar-refractivity contribution >= 4 is 98.4 Å². The molecule has 12 amide bonds. The quantitative estimate of drug-likeness (QED) is 0.0180. The number of phenols is 1. The summed E-state index contributed by atoms with van der Waals surface area (Å²) in [7, 11) is 1.74. The lowest BCUT2D eigenvalue weighted by Crippen LogP contribution is -2.61. The van der Waals surface area contributed by atoms with Gasteiger partial charge in [0.15, 0.2) is 12.2 Å². The molecule has 3 heterocycles. The summed E-state index contributed by atoms with van der Waals surface area (Å²) in [6.45, 7) is -1.65. The first-order chi connectivity index (χ1) is 43.7. The average molecular weight is 1330 g/mol. The molecule has 92 heavy (non-hydrogen) atoms. The van der Waals surface area contributed by atoms with Gasteiger partial charge in [-0.2, -0.15) is 0 Å². The van der Waals surface area contributed by atoms with Gasteiger partial charge in [-0.3, -0.25) is 62.5 Å². The number of hydrogen-bond donors (Lipinski definition) is 18. The molecule has 3 aliphatic rings. The molecule has 36 heteroatoms. The minimum absolute atomic E-state index is 0.0386. The van der Waals surface area contributed by atoms with Gasteiger partial charge in [0.05, 0.1) is 26.2 Å². The van der Waals surface area contributed by atoms with Crippen molar-refractivity contribution in [3.63, 3.8) is 0 Å². The fourth-order valence-corrected chi connectivity index (χ4v) is 12.1. The summed E-state index contributed by atoms with van der Waals surface area (Å²) in [6, 6.07) is 1.25. The molecule has 506 valence electrons. The Morgan fingerprint density at radius 1 is 0.707 bits per heavy atom. The smallest absolute Gasteiger partial charge is 0.246 e. The molecule has 0 aliphatic carbocycles. The van der Waals surface area contributed by atoms with Crippen molar-refractivity contribution in [1.29, 1.82) is 0 Å². The van der Waals surface area contributed by atoms with E-state index < -0.39 is 188 Å². The Labute approximate surface area is 535 Å². The molecule has 2 aromatic rings. The highest BCUT2D eigenvalue weighted by molar-refractivity contribution is 8.76. The van der Waals surface area contributed by atoms with E-state index in [9.17, 15) is 83.1 Å². The fourth-order valence-electron chi connectivity index (χ4n) is 9.80. The van der Waals surface area contributed by atoms with Crippen LogP contribution in [0.5, 0.6) is 5.75 Å². The third-order valence-corrected chi connectivity index (χ3v) is 17.0. The minimum atomic E-state index is -1.89. The van der Waals surface area contributed by atoms with Crippen molar-refractivity contribution < 1.29 is 92.5 Å². The number of guanidine groups is 1. The lowest BCUT2D eigenvalue weighted by atomic mass is 9.99. The molecule has 2 aromatic carbocycles. The van der Waals surface area contributed by atoms with E-state index in [-0.39, 0.29) is 88.5 Å². The number of amides is 12. The van der Waals surface area contributed by atoms with Gasteiger partial charge < -0.3 is 111 Å². The molecule has 13 atom stereocenters. The zero-order chi connectivity index (χ0) is 67.6. The van der Waals surface area contributed by atoms with Gasteiger partial charge in [-0.15, -0.1) is 0 Å². The van der Waals surface area contributed by atoms with Gasteiger partial charge in [0, 0.05) is 50.3 Å². The predicted molar refractivity (Wildman–Crippen MR) is 328 cm³/mol. The number of rotatable bonds is 26. The van der Waals surface area contributed by atoms with Crippen LogP contribution in [0.25, 0.3) is 0 Å². The SMILES string of the molecule is NC(=O)CCC1NC(=O)[C@H](Cc2ccccc2)NC(=O)C(Cc2ccc(O)cc2)NC(=O)[C@@H](NC(=O)CCCO[C@@H]2O[C@H](CO)[C@@H](O)[C@H](O)[C@H]2O)CSSC[C@@H](C(=O)N2CCC[C@H]2C(=O)N[C@@H](CCCN=C(N)N)C(=O)NCC(N)=O)NC(=O)C(CC(N)=O)NC1=O. The van der Waals surface area contributed by atoms with Gasteiger partial charge in [0.25, 0.3) is 0 Å². The number of nitrogens with zero attached hydrogens (tertiary/aromatic N) is 2. The maximum absolute atomic E-state index is 15.0. The highest BCUT2D eigenvalue weighted by Crippen LogP contribution is 2.27. The number of nitrogens with one attached hydrogen (secondary N) is 8. The van der Waals surface area contributed by atoms with Crippen LogP contribution in [0.15, 0.2) is 59.6 Å². The fraction of sp³-hybridized carbons (Fsp3) is 0.554. The van der Waals surface area contributed by atoms with E-state index in [1.54, 1.807) is 30.3 Å². The molecular formula is C56H81N15O19S2. The summed E-state index contributed by atoms with van der Waals surface area (Å²) in [5, 5.41) is 70.9. The first kappa shape index (κ1) is 74.3. The number of hydrogen-bond acceptors (Lipinski definition) is 22. The third kappa shape index (κ3) is 24.0. The Morgan fingerprint density at radius 2 is 1.32 bits per heavy atom. The van der Waals surface area contributed by atoms with E-state index in [1.165, 1.54) is 24.3 Å². The highest BCUT2D eigenvalue weighted by atomic mass is 33.1. The number of aliphatic hydroxyl groups excluding tert-OH is 4. The van der Waals surface area contributed by atoms with Crippen molar-refractivity contribution in [1.82, 2.24) is 47.4 Å². The van der Waals surface area contributed by atoms with Crippen molar-refractivity contribution in [2.75, 3.05) is 44.4 Å². The normalized spacial score (nSPS) is 25.6. The molecule has 0 radical (unpaired) electrons. The molecular weight excluding hydrogens is 1250 g/mol. The molecule has 0 saturated carbocycles. The van der Waals surface area contributed by atoms with Crippen LogP contribution in [-0.4, -0.2) is 231 Å². The van der Waals surface area contributed by atoms with E-state index in [0.717, 1.165) is 26.5 Å². The molecule has 5 rings (SSSR count). The van der Waals surface area contributed by atoms with E-state index in [0.29, 0.717) is 11.1 Å². The number of carbonyl (C=O) groups is 12. The van der Waals surface area contributed by atoms with Crippen molar-refractivity contribution in [3.8, 4) is 5.75 Å². The van der Waals surface area contributed by atoms with Gasteiger partial charge in [-0.25, -0.2) is 0 Å². The number of phenolic OH excluding ortho intramolecular Hbond substituents is 1. The lowest BCUT2D eigenvalue weighted by Gasteiger charge is -2.39. The Balaban J connectivity index is 1.53. The number of nitrogens with two attached hydrogens (primary N) is 5. The van der Waals surface area contributed by atoms with Gasteiger partial charge in [0.1, 0.15) is 78.5 Å². The van der Waals surface area contributed by atoms with Crippen LogP contribution >= 0.6 is 21.6 Å². The van der Waals surface area contributed by atoms with Crippen LogP contribution in [0.1, 0.15) is 68.9 Å². The lowest BCUT2D eigenvalue weighted by molar-refractivity contribution is -0.301. The number of aliphatic hydroxyl groups is 4. The number of benzene rings is 2. The van der Waals surface area contributed by atoms with Gasteiger partial charge in [0.2, 0.25) is 70.9 Å². The molecule has 34 nitrogen and oxygen atoms in total. The second kappa shape index (κ2) is 37.2. The first-order valence-corrected chi connectivity index (χ1v) is 31.8. The molecule has 3 aliphatic heterocycles. The maximum atomic E-state index is 15.0. The summed E-state index contributed by atoms with van der Waals surface area (Å²) < 4.78 is 10.9. The summed E-state index contributed by atoms with van der Waals surface area (Å²) in [5.41, 5.74) is 28.1. The van der Waals surface area contributed by atoms with Crippen LogP contribution in [0.2, 0.25) is 0 Å². The molecule has 0 bridgehead atoms. The zero-order valence-electron chi connectivity index (χ0n) is 50.0. The molecule has 0 aromatic heterocycles. The number of carbonyl (C=O) groups excluding carboxylic acids is 12. The first-order valence-electron chi connectivity index (χ1n) is 29.3. The Morgan fingerprint density at radius 3 is 1.95 bits per heavy atom. The van der Waals surface area contributed by atoms with Crippen LogP contribution in [-0.2, 0) is 79.8 Å². The predicted octanol–water partition coefficient (Wildman–Crippen LogP) is -7.65. The van der Waals surface area contributed by atoms with Crippen LogP contribution in [0.4, 0.5) is 0 Å². The topological polar surface area (TPSA) is 566 Å². The largest absolute Gasteiger partial charge is 0.508 e. The maximum Gasteiger partial charge on any atom is 0.246 e. The average Bonchev–Trinajstić information content (AvgIpc) is 1.55. The van der Waals surface area contributed by atoms with Gasteiger partial charge in [-0.05, 0) is 61.8 Å². The number of aromatic hydroxyl groups is 1. The molecule has 3 unspecified atom stereocenters. The van der Waals surface area contributed by atoms with E-state index in [1.807, 2.05) is 0 Å². The molecule has 0 spiro atoms. The van der Waals surface area contributed by atoms with Crippen LogP contribution in [0.3, 0.4) is 0 Å². The van der Waals surface area contributed by atoms with Crippen molar-refractivity contribution in [3.05, 3.63) is 65.7 Å². The number of likely N-dealkylation sites (tertiary alicyclic amines) is 1. The summed E-state index contributed by atoms with van der Waals surface area (Å²) in [5.74, 6) is -12.7. The monoisotopic (exact) mass is 1330 g/mol. The standard InChI is InChI=1S/C56H81N15O19S2/c57-40(74)17-16-32-48(82)69-35(23-41(58)75)51(85)70-37(54(88)71-19-5-10-38(71)53(87)66-31(9-4-18-62-56(60)61)47(81)63-24-42(59)76)27-92-91-26-36(64-43(77)11-6-20-89-55-46(80)45(79)44(78)39(25-72)90-55)52(86)68-34(22-29-12-14-30(73)15-13-29)50(84)67-33(49(83)65-32)21-28-7-2-1-3-8-28/h1-3,7-8,12-15,31-39,44-46,55,72-73,78-80H,4-6,9-11,16-27H2,(H2,57,74)(H2,58,75)(H2,59,76)(H,63,81)(H,64,77)(H,65,83)(H,66,87)(H,67,84)(H,68,86)(H,69,82)(H,70,85)(H4,60,61,62)/t31-,32?,33-,34?,35?,36-,37-,38-,39+,44+,45-,46+,55+/m0/s1. The third-order valence-electron chi connectivity index (χ3n) is 14.6. The molecule has 3 saturated heterocycles. The van der Waals surface area contributed by atoms with Crippen LogP contribution in [0, 0.1) is 0 Å². The molecule has 23 N–H and O–H groups in total. The van der Waals surface area contributed by atoms with Gasteiger partial charge in [-0.1, -0.05) is 64.1 Å². The van der Waals surface area contributed by atoms with Crippen molar-refractivity contribution in [2.45, 2.75) is 150 Å². The number of ether oxygens (including phenoxy) is 2. The van der Waals surface area contributed by atoms with E-state index in [2.05, 4.69) is 47.5 Å². The zero-order valence-corrected chi connectivity index (χ0v) is 51.6. The number of primary amides is 3. The minimum Gasteiger partial charge on any atom is -0.508 e. The molecule has 3 fully saturated rings. The van der Waals surface area contributed by atoms with Crippen molar-refractivity contribution in [2.24, 2.45) is 33.7 Å². The second-order valence-electron chi connectivity index (χ2n) is 21.8. The highest BCUT2D eigenvalue weighted by Gasteiger charge is 2.45. The second-order valence-corrected chi connectivity index (χ2v) is 24.3.